The van der Waals surface area contributed by atoms with Crippen LogP contribution in [0.3, 0.4) is 0 Å². The average Bonchev–Trinajstić information content (AvgIpc) is 2.86. The van der Waals surface area contributed by atoms with Gasteiger partial charge in [0.05, 0.1) is 36.2 Å². The van der Waals surface area contributed by atoms with Crippen LogP contribution in [0.2, 0.25) is 0 Å². The highest BCUT2D eigenvalue weighted by atomic mass is 16.5. The van der Waals surface area contributed by atoms with Crippen LogP contribution in [0.25, 0.3) is 0 Å². The Kier molecular flexibility index (Phi) is 5.03. The van der Waals surface area contributed by atoms with Crippen LogP contribution in [0.5, 0.6) is 0 Å². The number of pyridine rings is 1. The summed E-state index contributed by atoms with van der Waals surface area (Å²) in [6, 6.07) is 3.80. The number of anilines is 2. The summed E-state index contributed by atoms with van der Waals surface area (Å²) >= 11 is 0. The first-order valence-electron chi connectivity index (χ1n) is 8.50. The first kappa shape index (κ1) is 17.4. The van der Waals surface area contributed by atoms with Crippen LogP contribution in [0.1, 0.15) is 30.9 Å². The molecule has 25 heavy (non-hydrogen) atoms. The molecule has 0 spiro atoms. The molecule has 3 rings (SSSR count). The van der Waals surface area contributed by atoms with Gasteiger partial charge in [-0.05, 0) is 39.8 Å². The van der Waals surface area contributed by atoms with Gasteiger partial charge in [0.1, 0.15) is 11.6 Å². The maximum atomic E-state index is 12.2. The Balaban J connectivity index is 1.61. The molecule has 3 heterocycles. The number of rotatable bonds is 4. The van der Waals surface area contributed by atoms with Crippen LogP contribution in [0, 0.1) is 13.8 Å². The van der Waals surface area contributed by atoms with Crippen molar-refractivity contribution in [2.75, 3.05) is 23.3 Å². The molecule has 1 saturated heterocycles. The third-order valence-corrected chi connectivity index (χ3v) is 4.29. The summed E-state index contributed by atoms with van der Waals surface area (Å²) in [5, 5.41) is 6.74. The predicted molar refractivity (Wildman–Crippen MR) is 94.8 cm³/mol. The van der Waals surface area contributed by atoms with E-state index >= 15 is 0 Å². The van der Waals surface area contributed by atoms with Crippen molar-refractivity contribution in [2.24, 2.45) is 0 Å². The molecule has 2 aromatic heterocycles. The number of hydrogen-bond acceptors (Lipinski definition) is 6. The summed E-state index contributed by atoms with van der Waals surface area (Å²) in [6.45, 7) is 9.39. The van der Waals surface area contributed by atoms with E-state index in [0.717, 1.165) is 30.2 Å². The molecule has 7 nitrogen and oxygen atoms in total. The first-order chi connectivity index (χ1) is 11.9. The van der Waals surface area contributed by atoms with Gasteiger partial charge in [-0.3, -0.25) is 4.79 Å². The topological polar surface area (TPSA) is 80.5 Å². The third-order valence-electron chi connectivity index (χ3n) is 4.29. The fourth-order valence-electron chi connectivity index (χ4n) is 3.13. The summed E-state index contributed by atoms with van der Waals surface area (Å²) in [6.07, 6.45) is 2.28. The Morgan fingerprint density at radius 1 is 1.28 bits per heavy atom. The molecule has 1 N–H and O–H groups in total. The van der Waals surface area contributed by atoms with E-state index in [4.69, 9.17) is 9.26 Å². The van der Waals surface area contributed by atoms with Gasteiger partial charge in [0, 0.05) is 18.7 Å². The molecule has 0 saturated carbocycles. The number of hydrogen-bond donors (Lipinski definition) is 1. The number of aryl methyl sites for hydroxylation is 2. The maximum absolute atomic E-state index is 12.2. The van der Waals surface area contributed by atoms with Gasteiger partial charge in [0.15, 0.2) is 0 Å². The number of carbonyl (C=O) groups excluding carboxylic acids is 1. The minimum Gasteiger partial charge on any atom is -0.372 e. The van der Waals surface area contributed by atoms with Gasteiger partial charge in [-0.1, -0.05) is 5.16 Å². The van der Waals surface area contributed by atoms with Gasteiger partial charge < -0.3 is 19.5 Å². The van der Waals surface area contributed by atoms with Crippen LogP contribution >= 0.6 is 0 Å². The Labute approximate surface area is 147 Å². The first-order valence-corrected chi connectivity index (χ1v) is 8.50. The third kappa shape index (κ3) is 4.17. The van der Waals surface area contributed by atoms with Crippen LogP contribution in [-0.2, 0) is 16.0 Å². The highest BCUT2D eigenvalue weighted by Crippen LogP contribution is 2.20. The number of nitrogens with zero attached hydrogens (tertiary/aromatic N) is 3. The molecule has 1 amide bonds. The van der Waals surface area contributed by atoms with Crippen LogP contribution < -0.4 is 10.2 Å². The highest BCUT2D eigenvalue weighted by Gasteiger charge is 2.23. The van der Waals surface area contributed by atoms with Crippen molar-refractivity contribution in [1.82, 2.24) is 10.1 Å². The second kappa shape index (κ2) is 7.23. The SMILES string of the molecule is Cc1noc(C)c1CC(=O)Nc1ccc(N2CC(C)OC(C)C2)nc1. The van der Waals surface area contributed by atoms with Crippen molar-refractivity contribution in [3.05, 3.63) is 35.3 Å². The number of nitrogens with one attached hydrogen (secondary N) is 1. The van der Waals surface area contributed by atoms with Crippen LogP contribution in [0.15, 0.2) is 22.9 Å². The molecule has 0 aliphatic carbocycles. The maximum Gasteiger partial charge on any atom is 0.229 e. The largest absolute Gasteiger partial charge is 0.372 e. The lowest BCUT2D eigenvalue weighted by atomic mass is 10.1. The van der Waals surface area contributed by atoms with E-state index < -0.39 is 0 Å². The number of carbonyl (C=O) groups is 1. The second-order valence-electron chi connectivity index (χ2n) is 6.60. The molecule has 0 bridgehead atoms. The Morgan fingerprint density at radius 2 is 2.00 bits per heavy atom. The van der Waals surface area contributed by atoms with Crippen molar-refractivity contribution in [3.63, 3.8) is 0 Å². The molecule has 2 aromatic rings. The Morgan fingerprint density at radius 3 is 2.56 bits per heavy atom. The van der Waals surface area contributed by atoms with Crippen molar-refractivity contribution < 1.29 is 14.1 Å². The van der Waals surface area contributed by atoms with Gasteiger partial charge in [-0.2, -0.15) is 0 Å². The summed E-state index contributed by atoms with van der Waals surface area (Å²) in [5.41, 5.74) is 2.25. The van der Waals surface area contributed by atoms with E-state index in [0.29, 0.717) is 11.4 Å². The predicted octanol–water partition coefficient (Wildman–Crippen LogP) is 2.48. The summed E-state index contributed by atoms with van der Waals surface area (Å²) in [4.78, 5) is 18.9. The minimum absolute atomic E-state index is 0.113. The number of ether oxygens (including phenoxy) is 1. The van der Waals surface area contributed by atoms with Crippen molar-refractivity contribution >= 4 is 17.4 Å². The molecule has 7 heteroatoms. The number of aromatic nitrogens is 2. The molecule has 2 unspecified atom stereocenters. The molecule has 1 aliphatic rings. The average molecular weight is 344 g/mol. The minimum atomic E-state index is -0.113. The number of amides is 1. The molecule has 0 aromatic carbocycles. The van der Waals surface area contributed by atoms with Crippen molar-refractivity contribution in [1.29, 1.82) is 0 Å². The van der Waals surface area contributed by atoms with E-state index in [2.05, 4.69) is 34.2 Å². The van der Waals surface area contributed by atoms with Gasteiger partial charge in [-0.25, -0.2) is 4.98 Å². The monoisotopic (exact) mass is 344 g/mol. The molecule has 0 radical (unpaired) electrons. The van der Waals surface area contributed by atoms with Gasteiger partial charge in [-0.15, -0.1) is 0 Å². The van der Waals surface area contributed by atoms with E-state index in [9.17, 15) is 4.79 Å². The molecule has 1 aliphatic heterocycles. The van der Waals surface area contributed by atoms with E-state index in [-0.39, 0.29) is 24.5 Å². The quantitative estimate of drug-likeness (QED) is 0.918. The standard InChI is InChI=1S/C18H24N4O3/c1-11-9-22(10-12(2)24-11)17-6-5-15(8-19-17)20-18(23)7-16-13(3)21-25-14(16)4/h5-6,8,11-12H,7,9-10H2,1-4H3,(H,20,23). The van der Waals surface area contributed by atoms with Crippen LogP contribution in [-0.4, -0.2) is 41.3 Å². The van der Waals surface area contributed by atoms with Crippen molar-refractivity contribution in [3.8, 4) is 0 Å². The lowest BCUT2D eigenvalue weighted by Gasteiger charge is -2.36. The van der Waals surface area contributed by atoms with Gasteiger partial charge in [0.2, 0.25) is 5.91 Å². The zero-order valence-corrected chi connectivity index (χ0v) is 15.1. The van der Waals surface area contributed by atoms with E-state index in [1.54, 1.807) is 6.20 Å². The Bertz CT molecular complexity index is 712. The van der Waals surface area contributed by atoms with Crippen molar-refractivity contribution in [2.45, 2.75) is 46.3 Å². The zero-order valence-electron chi connectivity index (χ0n) is 15.1. The fourth-order valence-corrected chi connectivity index (χ4v) is 3.13. The molecular weight excluding hydrogens is 320 g/mol. The zero-order chi connectivity index (χ0) is 18.0. The molecular formula is C18H24N4O3. The molecule has 2 atom stereocenters. The summed E-state index contributed by atoms with van der Waals surface area (Å²) in [5.74, 6) is 1.46. The normalized spacial score (nSPS) is 20.6. The fraction of sp³-hybridized carbons (Fsp3) is 0.500. The van der Waals surface area contributed by atoms with Crippen LogP contribution in [0.4, 0.5) is 11.5 Å². The lowest BCUT2D eigenvalue weighted by molar-refractivity contribution is -0.115. The molecule has 134 valence electrons. The van der Waals surface area contributed by atoms with Gasteiger partial charge in [0.25, 0.3) is 0 Å². The van der Waals surface area contributed by atoms with Gasteiger partial charge >= 0.3 is 0 Å². The second-order valence-corrected chi connectivity index (χ2v) is 6.60. The molecule has 1 fully saturated rings. The lowest BCUT2D eigenvalue weighted by Crippen LogP contribution is -2.45. The highest BCUT2D eigenvalue weighted by molar-refractivity contribution is 5.92. The summed E-state index contributed by atoms with van der Waals surface area (Å²) in [7, 11) is 0. The van der Waals surface area contributed by atoms with E-state index in [1.807, 2.05) is 26.0 Å². The Hall–Kier alpha value is -2.41. The summed E-state index contributed by atoms with van der Waals surface area (Å²) < 4.78 is 10.8. The number of morpholine rings is 1. The van der Waals surface area contributed by atoms with E-state index in [1.165, 1.54) is 0 Å². The smallest absolute Gasteiger partial charge is 0.229 e.